The number of allylic oxidation sites excluding steroid dienone is 1. The molecule has 0 spiro atoms. The van der Waals surface area contributed by atoms with Gasteiger partial charge in [0.25, 0.3) is 0 Å². The minimum absolute atomic E-state index is 0.170. The van der Waals surface area contributed by atoms with Crippen LogP contribution in [-0.4, -0.2) is 13.0 Å². The Labute approximate surface area is 157 Å². The molecule has 0 fully saturated rings. The molecule has 3 atom stereocenters. The molecule has 2 rings (SSSR count). The van der Waals surface area contributed by atoms with Crippen LogP contribution in [0, 0.1) is 5.92 Å². The SMILES string of the molecule is C=CC(C)CC(CC(CC)c1ccc(S(=O)(=O)[O-])cc1)c1ccccc1. The number of rotatable bonds is 9. The molecular formula is C22H27O3S-. The van der Waals surface area contributed by atoms with E-state index >= 15 is 0 Å². The van der Waals surface area contributed by atoms with Crippen LogP contribution in [0.1, 0.15) is 56.1 Å². The molecule has 2 aromatic carbocycles. The third kappa shape index (κ3) is 5.55. The summed E-state index contributed by atoms with van der Waals surface area (Å²) in [7, 11) is -4.40. The van der Waals surface area contributed by atoms with Crippen molar-refractivity contribution in [1.82, 2.24) is 0 Å². The monoisotopic (exact) mass is 371 g/mol. The largest absolute Gasteiger partial charge is 0.744 e. The molecule has 0 bridgehead atoms. The maximum absolute atomic E-state index is 11.1. The molecule has 0 saturated heterocycles. The van der Waals surface area contributed by atoms with Gasteiger partial charge in [-0.15, -0.1) is 6.58 Å². The molecule has 0 aliphatic rings. The number of hydrogen-bond acceptors (Lipinski definition) is 3. The van der Waals surface area contributed by atoms with Gasteiger partial charge in [0.15, 0.2) is 0 Å². The smallest absolute Gasteiger partial charge is 0.124 e. The molecule has 0 N–H and O–H groups in total. The van der Waals surface area contributed by atoms with E-state index in [9.17, 15) is 13.0 Å². The Morgan fingerprint density at radius 3 is 2.04 bits per heavy atom. The van der Waals surface area contributed by atoms with Crippen LogP contribution in [-0.2, 0) is 10.1 Å². The highest BCUT2D eigenvalue weighted by Crippen LogP contribution is 2.36. The highest BCUT2D eigenvalue weighted by molar-refractivity contribution is 7.85. The maximum atomic E-state index is 11.1. The van der Waals surface area contributed by atoms with E-state index in [1.54, 1.807) is 12.1 Å². The van der Waals surface area contributed by atoms with E-state index < -0.39 is 10.1 Å². The Morgan fingerprint density at radius 1 is 0.962 bits per heavy atom. The van der Waals surface area contributed by atoms with Gasteiger partial charge in [0.2, 0.25) is 0 Å². The summed E-state index contributed by atoms with van der Waals surface area (Å²) in [5, 5.41) is 0. The summed E-state index contributed by atoms with van der Waals surface area (Å²) in [6.07, 6.45) is 4.94. The Kier molecular flexibility index (Phi) is 7.18. The van der Waals surface area contributed by atoms with Crippen molar-refractivity contribution in [2.24, 2.45) is 5.92 Å². The second kappa shape index (κ2) is 9.15. The standard InChI is InChI=1S/C22H28O3S/c1-4-17(3)15-21(19-9-7-6-8-10-19)16-18(5-2)20-11-13-22(14-12-20)26(23,24)25/h4,6-14,17-18,21H,1,5,15-16H2,2-3H3,(H,23,24,25)/p-1. The minimum Gasteiger partial charge on any atom is -0.744 e. The van der Waals surface area contributed by atoms with Crippen LogP contribution in [0.5, 0.6) is 0 Å². The molecule has 0 saturated carbocycles. The van der Waals surface area contributed by atoms with Crippen LogP contribution in [0.25, 0.3) is 0 Å². The van der Waals surface area contributed by atoms with Crippen molar-refractivity contribution in [2.75, 3.05) is 0 Å². The van der Waals surface area contributed by atoms with Gasteiger partial charge in [-0.1, -0.05) is 62.4 Å². The second-order valence-electron chi connectivity index (χ2n) is 6.92. The quantitative estimate of drug-likeness (QED) is 0.434. The zero-order chi connectivity index (χ0) is 19.2. The molecule has 140 valence electrons. The fraction of sp³-hybridized carbons (Fsp3) is 0.364. The molecular weight excluding hydrogens is 344 g/mol. The first kappa shape index (κ1) is 20.4. The molecule has 0 amide bonds. The number of hydrogen-bond donors (Lipinski definition) is 0. The lowest BCUT2D eigenvalue weighted by atomic mass is 9.80. The highest BCUT2D eigenvalue weighted by atomic mass is 32.2. The molecule has 0 aromatic heterocycles. The summed E-state index contributed by atoms with van der Waals surface area (Å²) in [5.74, 6) is 1.13. The lowest BCUT2D eigenvalue weighted by Crippen LogP contribution is -2.10. The Balaban J connectivity index is 2.25. The van der Waals surface area contributed by atoms with Crippen molar-refractivity contribution in [3.8, 4) is 0 Å². The van der Waals surface area contributed by atoms with Crippen LogP contribution in [0.3, 0.4) is 0 Å². The predicted molar refractivity (Wildman–Crippen MR) is 105 cm³/mol. The normalized spacial score (nSPS) is 15.2. The van der Waals surface area contributed by atoms with Gasteiger partial charge in [0.1, 0.15) is 10.1 Å². The molecule has 0 aliphatic heterocycles. The third-order valence-electron chi connectivity index (χ3n) is 5.03. The zero-order valence-electron chi connectivity index (χ0n) is 15.5. The van der Waals surface area contributed by atoms with E-state index in [1.165, 1.54) is 17.7 Å². The molecule has 0 aliphatic carbocycles. The third-order valence-corrected chi connectivity index (χ3v) is 5.88. The molecule has 2 aromatic rings. The average Bonchev–Trinajstić information content (AvgIpc) is 2.65. The summed E-state index contributed by atoms with van der Waals surface area (Å²) >= 11 is 0. The topological polar surface area (TPSA) is 57.2 Å². The van der Waals surface area contributed by atoms with E-state index in [4.69, 9.17) is 0 Å². The van der Waals surface area contributed by atoms with Crippen molar-refractivity contribution in [3.63, 3.8) is 0 Å². The van der Waals surface area contributed by atoms with Gasteiger partial charge in [-0.25, -0.2) is 8.42 Å². The van der Waals surface area contributed by atoms with Gasteiger partial charge in [-0.2, -0.15) is 0 Å². The summed E-state index contributed by atoms with van der Waals surface area (Å²) in [6.45, 7) is 8.23. The molecule has 0 radical (unpaired) electrons. The van der Waals surface area contributed by atoms with E-state index in [2.05, 4.69) is 44.7 Å². The summed E-state index contributed by atoms with van der Waals surface area (Å²) in [6, 6.07) is 16.9. The number of benzene rings is 2. The lowest BCUT2D eigenvalue weighted by molar-refractivity contribution is 0.455. The Morgan fingerprint density at radius 2 is 1.54 bits per heavy atom. The lowest BCUT2D eigenvalue weighted by Gasteiger charge is -2.25. The van der Waals surface area contributed by atoms with Crippen molar-refractivity contribution in [1.29, 1.82) is 0 Å². The first-order chi connectivity index (χ1) is 12.3. The van der Waals surface area contributed by atoms with Crippen molar-refractivity contribution in [2.45, 2.75) is 49.8 Å². The van der Waals surface area contributed by atoms with E-state index in [-0.39, 0.29) is 4.90 Å². The van der Waals surface area contributed by atoms with Crippen LogP contribution >= 0.6 is 0 Å². The molecule has 0 heterocycles. The van der Waals surface area contributed by atoms with Gasteiger partial charge < -0.3 is 4.55 Å². The Hall–Kier alpha value is -1.91. The van der Waals surface area contributed by atoms with Gasteiger partial charge in [0.05, 0.1) is 4.90 Å². The van der Waals surface area contributed by atoms with Crippen molar-refractivity contribution in [3.05, 3.63) is 78.4 Å². The fourth-order valence-corrected chi connectivity index (χ4v) is 3.90. The predicted octanol–water partition coefficient (Wildman–Crippen LogP) is 5.47. The van der Waals surface area contributed by atoms with E-state index in [0.717, 1.165) is 24.8 Å². The van der Waals surface area contributed by atoms with Gasteiger partial charge >= 0.3 is 0 Å². The maximum Gasteiger partial charge on any atom is 0.124 e. The highest BCUT2D eigenvalue weighted by Gasteiger charge is 2.20. The average molecular weight is 372 g/mol. The van der Waals surface area contributed by atoms with Crippen molar-refractivity contribution >= 4 is 10.1 Å². The molecule has 3 nitrogen and oxygen atoms in total. The van der Waals surface area contributed by atoms with Gasteiger partial charge in [0, 0.05) is 0 Å². The first-order valence-corrected chi connectivity index (χ1v) is 10.5. The Bertz CT molecular complexity index is 795. The molecule has 4 heteroatoms. The van der Waals surface area contributed by atoms with Crippen LogP contribution in [0.15, 0.2) is 72.1 Å². The van der Waals surface area contributed by atoms with E-state index in [0.29, 0.717) is 17.8 Å². The molecule has 26 heavy (non-hydrogen) atoms. The van der Waals surface area contributed by atoms with Crippen molar-refractivity contribution < 1.29 is 13.0 Å². The first-order valence-electron chi connectivity index (χ1n) is 9.08. The van der Waals surface area contributed by atoms with E-state index in [1.807, 2.05) is 12.1 Å². The van der Waals surface area contributed by atoms with Gasteiger partial charge in [-0.3, -0.25) is 0 Å². The fourth-order valence-electron chi connectivity index (χ4n) is 3.43. The van der Waals surface area contributed by atoms with Gasteiger partial charge in [-0.05, 0) is 60.3 Å². The van der Waals surface area contributed by atoms with Crippen LogP contribution < -0.4 is 0 Å². The summed E-state index contributed by atoms with van der Waals surface area (Å²) in [5.41, 5.74) is 2.39. The summed E-state index contributed by atoms with van der Waals surface area (Å²) in [4.78, 5) is -0.170. The zero-order valence-corrected chi connectivity index (χ0v) is 16.3. The van der Waals surface area contributed by atoms with Crippen LogP contribution in [0.2, 0.25) is 0 Å². The molecule has 3 unspecified atom stereocenters. The summed E-state index contributed by atoms with van der Waals surface area (Å²) < 4.78 is 33.4. The second-order valence-corrected chi connectivity index (χ2v) is 8.30. The van der Waals surface area contributed by atoms with Crippen LogP contribution in [0.4, 0.5) is 0 Å². The minimum atomic E-state index is -4.40.